The lowest BCUT2D eigenvalue weighted by Gasteiger charge is -2.33. The number of hydrogen-bond acceptors (Lipinski definition) is 7. The first-order valence-electron chi connectivity index (χ1n) is 8.79. The molecule has 2 aromatic heterocycles. The standard InChI is InChI=1S/C17H22FN7O/c18-11-8-12(17(21-9-11)26-7-4-19)14-2-1-5-24(14)15-3-6-25-16(23-15)13(20)10-22-25/h3,6,9-10,12,14H,1-2,4-5,7-8,19-20H2/t12?,14-/m1/s1. The number of rotatable bonds is 4. The van der Waals surface area contributed by atoms with Gasteiger partial charge in [-0.1, -0.05) is 0 Å². The highest BCUT2D eigenvalue weighted by Gasteiger charge is 2.38. The third-order valence-corrected chi connectivity index (χ3v) is 4.87. The van der Waals surface area contributed by atoms with Gasteiger partial charge >= 0.3 is 0 Å². The van der Waals surface area contributed by atoms with Gasteiger partial charge in [0, 0.05) is 31.7 Å². The number of nitrogen functional groups attached to an aromatic ring is 1. The van der Waals surface area contributed by atoms with Crippen LogP contribution >= 0.6 is 0 Å². The monoisotopic (exact) mass is 359 g/mol. The van der Waals surface area contributed by atoms with Crippen LogP contribution in [0.3, 0.4) is 0 Å². The zero-order valence-corrected chi connectivity index (χ0v) is 14.4. The van der Waals surface area contributed by atoms with Gasteiger partial charge in [-0.15, -0.1) is 0 Å². The van der Waals surface area contributed by atoms with E-state index in [1.807, 2.05) is 12.3 Å². The van der Waals surface area contributed by atoms with Crippen LogP contribution in [0.1, 0.15) is 19.3 Å². The molecule has 1 fully saturated rings. The fourth-order valence-corrected chi connectivity index (χ4v) is 3.72. The van der Waals surface area contributed by atoms with Crippen molar-refractivity contribution in [1.29, 1.82) is 0 Å². The normalized spacial score (nSPS) is 23.2. The number of halogens is 1. The Morgan fingerprint density at radius 2 is 2.27 bits per heavy atom. The van der Waals surface area contributed by atoms with E-state index < -0.39 is 0 Å². The Kier molecular flexibility index (Phi) is 4.46. The second-order valence-corrected chi connectivity index (χ2v) is 6.55. The molecule has 0 aromatic carbocycles. The van der Waals surface area contributed by atoms with E-state index in [-0.39, 0.29) is 24.2 Å². The summed E-state index contributed by atoms with van der Waals surface area (Å²) < 4.78 is 21.3. The molecule has 2 aliphatic heterocycles. The number of fused-ring (bicyclic) bond motifs is 1. The molecule has 0 saturated carbocycles. The average Bonchev–Trinajstić information content (AvgIpc) is 3.27. The van der Waals surface area contributed by atoms with Crippen LogP contribution < -0.4 is 16.4 Å². The molecule has 0 aliphatic carbocycles. The van der Waals surface area contributed by atoms with Crippen molar-refractivity contribution < 1.29 is 9.13 Å². The average molecular weight is 359 g/mol. The maximum absolute atomic E-state index is 13.9. The SMILES string of the molecule is NCCOC1=NC=C(F)CC1[C@H]1CCCN1c1ccn2ncc(N)c2n1. The van der Waals surface area contributed by atoms with Crippen molar-refractivity contribution in [2.45, 2.75) is 25.3 Å². The van der Waals surface area contributed by atoms with Gasteiger partial charge in [0.25, 0.3) is 0 Å². The van der Waals surface area contributed by atoms with Gasteiger partial charge in [-0.2, -0.15) is 5.10 Å². The van der Waals surface area contributed by atoms with E-state index in [0.717, 1.165) is 25.2 Å². The molecule has 138 valence electrons. The predicted molar refractivity (Wildman–Crippen MR) is 97.5 cm³/mol. The van der Waals surface area contributed by atoms with Gasteiger partial charge in [0.1, 0.15) is 18.3 Å². The number of allylic oxidation sites excluding steroid dienone is 1. The van der Waals surface area contributed by atoms with Crippen molar-refractivity contribution in [2.75, 3.05) is 30.3 Å². The molecule has 9 heteroatoms. The number of aliphatic imine (C=N–C) groups is 1. The number of nitrogens with zero attached hydrogens (tertiary/aromatic N) is 5. The second-order valence-electron chi connectivity index (χ2n) is 6.55. The summed E-state index contributed by atoms with van der Waals surface area (Å²) in [5.41, 5.74) is 12.6. The largest absolute Gasteiger partial charge is 0.479 e. The van der Waals surface area contributed by atoms with Crippen LogP contribution in [0.2, 0.25) is 0 Å². The quantitative estimate of drug-likeness (QED) is 0.856. The van der Waals surface area contributed by atoms with Crippen LogP contribution in [-0.4, -0.2) is 46.2 Å². The summed E-state index contributed by atoms with van der Waals surface area (Å²) in [5, 5.41) is 4.15. The van der Waals surface area contributed by atoms with E-state index in [2.05, 4.69) is 20.0 Å². The summed E-state index contributed by atoms with van der Waals surface area (Å²) in [6, 6.07) is 1.97. The molecular weight excluding hydrogens is 337 g/mol. The van der Waals surface area contributed by atoms with Crippen LogP contribution in [0.5, 0.6) is 0 Å². The smallest absolute Gasteiger partial charge is 0.193 e. The summed E-state index contributed by atoms with van der Waals surface area (Å²) in [6.07, 6.45) is 6.86. The third kappa shape index (κ3) is 2.98. The van der Waals surface area contributed by atoms with Crippen LogP contribution in [0, 0.1) is 5.92 Å². The third-order valence-electron chi connectivity index (χ3n) is 4.87. The molecule has 2 atom stereocenters. The van der Waals surface area contributed by atoms with Gasteiger partial charge in [0.05, 0.1) is 24.0 Å². The van der Waals surface area contributed by atoms with Gasteiger partial charge in [-0.05, 0) is 18.9 Å². The molecule has 4 rings (SSSR count). The Morgan fingerprint density at radius 1 is 1.38 bits per heavy atom. The van der Waals surface area contributed by atoms with Crippen molar-refractivity contribution in [3.63, 3.8) is 0 Å². The van der Waals surface area contributed by atoms with Crippen molar-refractivity contribution in [3.8, 4) is 0 Å². The molecule has 8 nitrogen and oxygen atoms in total. The zero-order valence-electron chi connectivity index (χ0n) is 14.4. The minimum Gasteiger partial charge on any atom is -0.479 e. The van der Waals surface area contributed by atoms with Crippen molar-refractivity contribution in [3.05, 3.63) is 30.5 Å². The predicted octanol–water partition coefficient (Wildman–Crippen LogP) is 1.48. The maximum Gasteiger partial charge on any atom is 0.193 e. The van der Waals surface area contributed by atoms with Crippen molar-refractivity contribution in [1.82, 2.24) is 14.6 Å². The molecule has 1 saturated heterocycles. The molecule has 0 spiro atoms. The minimum absolute atomic E-state index is 0.0603. The molecule has 0 radical (unpaired) electrons. The first-order chi connectivity index (χ1) is 12.7. The molecule has 1 unspecified atom stereocenters. The second kappa shape index (κ2) is 6.91. The molecule has 4 heterocycles. The van der Waals surface area contributed by atoms with E-state index in [1.54, 1.807) is 10.7 Å². The summed E-state index contributed by atoms with van der Waals surface area (Å²) in [4.78, 5) is 11.0. The van der Waals surface area contributed by atoms with Gasteiger partial charge in [-0.25, -0.2) is 18.9 Å². The molecule has 4 N–H and O–H groups in total. The van der Waals surface area contributed by atoms with Gasteiger partial charge in [-0.3, -0.25) is 0 Å². The zero-order chi connectivity index (χ0) is 18.1. The van der Waals surface area contributed by atoms with Crippen LogP contribution in [-0.2, 0) is 4.74 Å². The summed E-state index contributed by atoms with van der Waals surface area (Å²) >= 11 is 0. The van der Waals surface area contributed by atoms with Gasteiger partial charge in [0.15, 0.2) is 11.5 Å². The Morgan fingerprint density at radius 3 is 3.12 bits per heavy atom. The van der Waals surface area contributed by atoms with Crippen LogP contribution in [0.15, 0.2) is 35.5 Å². The van der Waals surface area contributed by atoms with Crippen LogP contribution in [0.25, 0.3) is 5.65 Å². The van der Waals surface area contributed by atoms with E-state index >= 15 is 0 Å². The fourth-order valence-electron chi connectivity index (χ4n) is 3.72. The summed E-state index contributed by atoms with van der Waals surface area (Å²) in [7, 11) is 0. The van der Waals surface area contributed by atoms with Crippen molar-refractivity contribution >= 4 is 23.1 Å². The van der Waals surface area contributed by atoms with E-state index in [1.165, 1.54) is 6.20 Å². The summed E-state index contributed by atoms with van der Waals surface area (Å²) in [5.74, 6) is 0.971. The number of ether oxygens (including phenoxy) is 1. The molecule has 0 amide bonds. The lowest BCUT2D eigenvalue weighted by molar-refractivity contribution is 0.272. The lowest BCUT2D eigenvalue weighted by atomic mass is 9.92. The van der Waals surface area contributed by atoms with Crippen LogP contribution in [0.4, 0.5) is 15.9 Å². The van der Waals surface area contributed by atoms with E-state index in [9.17, 15) is 4.39 Å². The van der Waals surface area contributed by atoms with Crippen molar-refractivity contribution in [2.24, 2.45) is 16.6 Å². The number of aromatic nitrogens is 3. The van der Waals surface area contributed by atoms with E-state index in [4.69, 9.17) is 16.2 Å². The number of nitrogens with two attached hydrogens (primary N) is 2. The Balaban J connectivity index is 1.63. The highest BCUT2D eigenvalue weighted by molar-refractivity contribution is 5.82. The fraction of sp³-hybridized carbons (Fsp3) is 0.471. The first kappa shape index (κ1) is 16.8. The minimum atomic E-state index is -0.231. The topological polar surface area (TPSA) is 107 Å². The summed E-state index contributed by atoms with van der Waals surface area (Å²) in [6.45, 7) is 1.60. The molecule has 26 heavy (non-hydrogen) atoms. The maximum atomic E-state index is 13.9. The molecule has 0 bridgehead atoms. The van der Waals surface area contributed by atoms with Gasteiger partial charge < -0.3 is 21.1 Å². The molecular formula is C17H22FN7O. The highest BCUT2D eigenvalue weighted by atomic mass is 19.1. The lowest BCUT2D eigenvalue weighted by Crippen LogP contribution is -2.42. The first-order valence-corrected chi connectivity index (χ1v) is 8.79. The number of anilines is 2. The molecule has 2 aromatic rings. The molecule has 2 aliphatic rings. The number of hydrogen-bond donors (Lipinski definition) is 2. The highest BCUT2D eigenvalue weighted by Crippen LogP contribution is 2.35. The Labute approximate surface area is 150 Å². The Hall–Kier alpha value is -2.68. The Bertz CT molecular complexity index is 862. The van der Waals surface area contributed by atoms with Gasteiger partial charge in [0.2, 0.25) is 0 Å². The van der Waals surface area contributed by atoms with E-state index in [0.29, 0.717) is 30.4 Å².